The number of carbonyl (C=O) groups excluding carboxylic acids is 2. The Hall–Kier alpha value is -2.33. The van der Waals surface area contributed by atoms with Gasteiger partial charge in [0.05, 0.1) is 6.54 Å². The highest BCUT2D eigenvalue weighted by Crippen LogP contribution is 2.29. The second-order valence-corrected chi connectivity index (χ2v) is 6.97. The van der Waals surface area contributed by atoms with Crippen LogP contribution in [0.1, 0.15) is 36.7 Å². The summed E-state index contributed by atoms with van der Waals surface area (Å²) in [7, 11) is 0. The third-order valence-electron chi connectivity index (χ3n) is 3.51. The van der Waals surface area contributed by atoms with E-state index in [9.17, 15) is 9.59 Å². The minimum atomic E-state index is -0.336. The topological polar surface area (TPSA) is 58.2 Å². The predicted molar refractivity (Wildman–Crippen MR) is 97.6 cm³/mol. The summed E-state index contributed by atoms with van der Waals surface area (Å²) in [5.74, 6) is -0.612. The van der Waals surface area contributed by atoms with Gasteiger partial charge in [-0.25, -0.2) is 0 Å². The Balaban J connectivity index is 1.98. The third kappa shape index (κ3) is 4.83. The minimum absolute atomic E-state index is 0.0894. The molecule has 0 bridgehead atoms. The van der Waals surface area contributed by atoms with Gasteiger partial charge >= 0.3 is 0 Å². The maximum absolute atomic E-state index is 12.1. The van der Waals surface area contributed by atoms with Crippen molar-refractivity contribution in [1.29, 1.82) is 0 Å². The van der Waals surface area contributed by atoms with E-state index in [-0.39, 0.29) is 23.8 Å². The Kier molecular flexibility index (Phi) is 5.62. The molecule has 2 N–H and O–H groups in total. The Morgan fingerprint density at radius 1 is 1.04 bits per heavy atom. The van der Waals surface area contributed by atoms with Crippen LogP contribution < -0.4 is 10.6 Å². The van der Waals surface area contributed by atoms with Crippen LogP contribution >= 0.6 is 11.6 Å². The van der Waals surface area contributed by atoms with Gasteiger partial charge in [-0.3, -0.25) is 9.59 Å². The number of rotatable bonds is 4. The minimum Gasteiger partial charge on any atom is -0.343 e. The largest absolute Gasteiger partial charge is 0.343 e. The van der Waals surface area contributed by atoms with Crippen LogP contribution in [0.3, 0.4) is 0 Å². The highest BCUT2D eigenvalue weighted by molar-refractivity contribution is 6.31. The van der Waals surface area contributed by atoms with Crippen LogP contribution in [0.25, 0.3) is 0 Å². The number of para-hydroxylation sites is 1. The molecule has 2 amide bonds. The maximum atomic E-state index is 12.1. The average Bonchev–Trinajstić information content (AvgIpc) is 2.52. The molecule has 126 valence electrons. The van der Waals surface area contributed by atoms with E-state index >= 15 is 0 Å². The number of amides is 2. The van der Waals surface area contributed by atoms with E-state index in [0.29, 0.717) is 10.6 Å². The van der Waals surface area contributed by atoms with Crippen LogP contribution in [0, 0.1) is 0 Å². The number of anilines is 1. The van der Waals surface area contributed by atoms with Crippen LogP contribution in [0.2, 0.25) is 5.02 Å². The zero-order valence-corrected chi connectivity index (χ0v) is 14.8. The first-order chi connectivity index (χ1) is 11.3. The summed E-state index contributed by atoms with van der Waals surface area (Å²) in [6, 6.07) is 14.2. The van der Waals surface area contributed by atoms with Crippen molar-refractivity contribution < 1.29 is 9.59 Å². The molecule has 4 nitrogen and oxygen atoms in total. The fraction of sp³-hybridized carbons (Fsp3) is 0.263. The maximum Gasteiger partial charge on any atom is 0.251 e. The number of nitrogens with one attached hydrogen (secondary N) is 2. The van der Waals surface area contributed by atoms with Crippen molar-refractivity contribution >= 4 is 29.1 Å². The summed E-state index contributed by atoms with van der Waals surface area (Å²) in [6.45, 7) is 6.14. The summed E-state index contributed by atoms with van der Waals surface area (Å²) >= 11 is 5.86. The molecule has 0 aliphatic heterocycles. The Morgan fingerprint density at radius 2 is 1.75 bits per heavy atom. The Labute approximate surface area is 147 Å². The molecule has 0 saturated carbocycles. The summed E-state index contributed by atoms with van der Waals surface area (Å²) in [6.07, 6.45) is 0. The Bertz CT molecular complexity index is 751. The van der Waals surface area contributed by atoms with Gasteiger partial charge in [0.15, 0.2) is 0 Å². The molecular weight excluding hydrogens is 324 g/mol. The van der Waals surface area contributed by atoms with E-state index in [1.54, 1.807) is 24.3 Å². The van der Waals surface area contributed by atoms with E-state index in [4.69, 9.17) is 11.6 Å². The van der Waals surface area contributed by atoms with Gasteiger partial charge in [0, 0.05) is 16.3 Å². The summed E-state index contributed by atoms with van der Waals surface area (Å²) < 4.78 is 0. The van der Waals surface area contributed by atoms with Crippen molar-refractivity contribution in [3.8, 4) is 0 Å². The lowest BCUT2D eigenvalue weighted by Crippen LogP contribution is -2.33. The molecule has 0 fully saturated rings. The molecule has 0 aliphatic rings. The van der Waals surface area contributed by atoms with Crippen LogP contribution in [0.5, 0.6) is 0 Å². The molecule has 2 aromatic rings. The van der Waals surface area contributed by atoms with E-state index in [0.717, 1.165) is 11.3 Å². The lowest BCUT2D eigenvalue weighted by atomic mass is 9.86. The second-order valence-electron chi connectivity index (χ2n) is 6.54. The van der Waals surface area contributed by atoms with Crippen molar-refractivity contribution in [2.24, 2.45) is 0 Å². The van der Waals surface area contributed by atoms with Crippen molar-refractivity contribution in [1.82, 2.24) is 5.32 Å². The summed E-state index contributed by atoms with van der Waals surface area (Å²) in [4.78, 5) is 24.2. The van der Waals surface area contributed by atoms with Gasteiger partial charge in [-0.1, -0.05) is 56.6 Å². The molecule has 0 saturated heterocycles. The Morgan fingerprint density at radius 3 is 2.42 bits per heavy atom. The van der Waals surface area contributed by atoms with Crippen molar-refractivity contribution in [3.05, 3.63) is 64.7 Å². The molecule has 2 aromatic carbocycles. The van der Waals surface area contributed by atoms with Gasteiger partial charge in [-0.05, 0) is 35.2 Å². The van der Waals surface area contributed by atoms with E-state index in [1.807, 2.05) is 24.3 Å². The molecule has 0 radical (unpaired) electrons. The SMILES string of the molecule is CC(C)(C)c1ccccc1NC(=O)CNC(=O)c1cccc(Cl)c1. The number of halogens is 1. The van der Waals surface area contributed by atoms with Gasteiger partial charge in [0.1, 0.15) is 0 Å². The summed E-state index contributed by atoms with van der Waals surface area (Å²) in [5, 5.41) is 5.93. The van der Waals surface area contributed by atoms with Gasteiger partial charge < -0.3 is 10.6 Å². The highest BCUT2D eigenvalue weighted by Gasteiger charge is 2.18. The number of carbonyl (C=O) groups is 2. The molecule has 0 aromatic heterocycles. The first-order valence-corrected chi connectivity index (χ1v) is 8.08. The van der Waals surface area contributed by atoms with E-state index in [1.165, 1.54) is 0 Å². The quantitative estimate of drug-likeness (QED) is 0.880. The normalized spacial score (nSPS) is 11.0. The fourth-order valence-electron chi connectivity index (χ4n) is 2.33. The molecule has 0 spiro atoms. The molecule has 24 heavy (non-hydrogen) atoms. The molecule has 2 rings (SSSR count). The number of benzene rings is 2. The third-order valence-corrected chi connectivity index (χ3v) is 3.74. The molecule has 0 heterocycles. The van der Waals surface area contributed by atoms with Crippen LogP contribution in [0.4, 0.5) is 5.69 Å². The number of hydrogen-bond donors (Lipinski definition) is 2. The molecular formula is C19H21ClN2O2. The van der Waals surface area contributed by atoms with Crippen molar-refractivity contribution in [3.63, 3.8) is 0 Å². The van der Waals surface area contributed by atoms with Gasteiger partial charge in [0.25, 0.3) is 5.91 Å². The lowest BCUT2D eigenvalue weighted by Gasteiger charge is -2.23. The molecule has 0 atom stereocenters. The van der Waals surface area contributed by atoms with Gasteiger partial charge in [-0.2, -0.15) is 0 Å². The smallest absolute Gasteiger partial charge is 0.251 e. The van der Waals surface area contributed by atoms with Crippen LogP contribution in [-0.4, -0.2) is 18.4 Å². The fourth-order valence-corrected chi connectivity index (χ4v) is 2.52. The van der Waals surface area contributed by atoms with Crippen LogP contribution in [-0.2, 0) is 10.2 Å². The zero-order chi connectivity index (χ0) is 17.7. The molecule has 0 aliphatic carbocycles. The summed E-state index contributed by atoms with van der Waals surface area (Å²) in [5.41, 5.74) is 2.13. The van der Waals surface area contributed by atoms with Crippen LogP contribution in [0.15, 0.2) is 48.5 Å². The first kappa shape index (κ1) is 18.0. The molecule has 5 heteroatoms. The highest BCUT2D eigenvalue weighted by atomic mass is 35.5. The standard InChI is InChI=1S/C19H21ClN2O2/c1-19(2,3)15-9-4-5-10-16(15)22-17(23)12-21-18(24)13-7-6-8-14(20)11-13/h4-11H,12H2,1-3H3,(H,21,24)(H,22,23). The lowest BCUT2D eigenvalue weighted by molar-refractivity contribution is -0.115. The first-order valence-electron chi connectivity index (χ1n) is 7.70. The zero-order valence-electron chi connectivity index (χ0n) is 14.0. The van der Waals surface area contributed by atoms with E-state index < -0.39 is 0 Å². The van der Waals surface area contributed by atoms with E-state index in [2.05, 4.69) is 31.4 Å². The molecule has 0 unspecified atom stereocenters. The average molecular weight is 345 g/mol. The van der Waals surface area contributed by atoms with Crippen molar-refractivity contribution in [2.75, 3.05) is 11.9 Å². The second kappa shape index (κ2) is 7.49. The number of hydrogen-bond acceptors (Lipinski definition) is 2. The monoisotopic (exact) mass is 344 g/mol. The predicted octanol–water partition coefficient (Wildman–Crippen LogP) is 4.01. The van der Waals surface area contributed by atoms with Gasteiger partial charge in [0.2, 0.25) is 5.91 Å². The van der Waals surface area contributed by atoms with Crippen molar-refractivity contribution in [2.45, 2.75) is 26.2 Å². The van der Waals surface area contributed by atoms with Gasteiger partial charge in [-0.15, -0.1) is 0 Å².